The largest absolute Gasteiger partial charge is 0.490 e. The molecule has 0 unspecified atom stereocenters. The Morgan fingerprint density at radius 3 is 2.07 bits per heavy atom. The van der Waals surface area contributed by atoms with Crippen LogP contribution < -0.4 is 0 Å². The second kappa shape index (κ2) is 9.00. The highest BCUT2D eigenvalue weighted by molar-refractivity contribution is 5.87. The highest BCUT2D eigenvalue weighted by Crippen LogP contribution is 2.29. The van der Waals surface area contributed by atoms with Gasteiger partial charge in [-0.1, -0.05) is 18.4 Å². The van der Waals surface area contributed by atoms with E-state index < -0.39 is 29.5 Å². The molecule has 1 aromatic rings. The van der Waals surface area contributed by atoms with Crippen LogP contribution in [-0.4, -0.2) is 51.9 Å². The highest BCUT2D eigenvalue weighted by atomic mass is 19.4. The summed E-state index contributed by atoms with van der Waals surface area (Å²) in [5, 5.41) is 17.4. The minimum atomic E-state index is -5.08. The van der Waals surface area contributed by atoms with E-state index >= 15 is 0 Å². The Hall–Kier alpha value is -3.00. The molecule has 1 aromatic carbocycles. The van der Waals surface area contributed by atoms with Crippen molar-refractivity contribution in [1.82, 2.24) is 4.90 Å². The first kappa shape index (κ1) is 24.0. The van der Waals surface area contributed by atoms with Crippen molar-refractivity contribution in [2.75, 3.05) is 13.1 Å². The van der Waals surface area contributed by atoms with Gasteiger partial charge in [0.2, 0.25) is 5.91 Å². The SMILES string of the molecule is C=CC(=O)N1CC[C@@](O)(C#Cc2ccc(C(F)(F)F)cc2)C1.O=C(O)C(F)(F)F. The molecule has 0 aliphatic carbocycles. The summed E-state index contributed by atoms with van der Waals surface area (Å²) in [7, 11) is 0. The van der Waals surface area contributed by atoms with Crippen LogP contribution in [0, 0.1) is 11.8 Å². The molecule has 0 bridgehead atoms. The summed E-state index contributed by atoms with van der Waals surface area (Å²) < 4.78 is 69.1. The van der Waals surface area contributed by atoms with E-state index in [0.717, 1.165) is 18.2 Å². The van der Waals surface area contributed by atoms with E-state index in [1.165, 1.54) is 17.0 Å². The quantitative estimate of drug-likeness (QED) is 0.414. The summed E-state index contributed by atoms with van der Waals surface area (Å²) in [5.41, 5.74) is -1.73. The van der Waals surface area contributed by atoms with Crippen molar-refractivity contribution < 1.29 is 46.1 Å². The van der Waals surface area contributed by atoms with Crippen LogP contribution in [0.3, 0.4) is 0 Å². The maximum Gasteiger partial charge on any atom is 0.490 e. The number of aliphatic hydroxyl groups is 1. The molecule has 29 heavy (non-hydrogen) atoms. The number of halogens is 6. The lowest BCUT2D eigenvalue weighted by Gasteiger charge is -2.16. The molecule has 1 aliphatic heterocycles. The fourth-order valence-corrected chi connectivity index (χ4v) is 2.14. The van der Waals surface area contributed by atoms with Crippen molar-refractivity contribution in [3.63, 3.8) is 0 Å². The van der Waals surface area contributed by atoms with Gasteiger partial charge in [-0.25, -0.2) is 4.79 Å². The maximum absolute atomic E-state index is 12.4. The number of carboxylic acid groups (broad SMARTS) is 1. The molecule has 1 atom stereocenters. The Morgan fingerprint density at radius 1 is 1.14 bits per heavy atom. The molecule has 1 heterocycles. The van der Waals surface area contributed by atoms with Crippen LogP contribution in [0.25, 0.3) is 0 Å². The van der Waals surface area contributed by atoms with Gasteiger partial charge < -0.3 is 15.1 Å². The fourth-order valence-electron chi connectivity index (χ4n) is 2.14. The smallest absolute Gasteiger partial charge is 0.475 e. The third kappa shape index (κ3) is 7.50. The Kier molecular flexibility index (Phi) is 7.46. The Morgan fingerprint density at radius 2 is 1.66 bits per heavy atom. The minimum Gasteiger partial charge on any atom is -0.475 e. The molecule has 0 radical (unpaired) electrons. The Labute approximate surface area is 161 Å². The zero-order valence-corrected chi connectivity index (χ0v) is 14.6. The van der Waals surface area contributed by atoms with Crippen molar-refractivity contribution in [3.05, 3.63) is 48.0 Å². The number of nitrogens with zero attached hydrogens (tertiary/aromatic N) is 1. The first-order valence-electron chi connectivity index (χ1n) is 7.82. The lowest BCUT2D eigenvalue weighted by molar-refractivity contribution is -0.192. The van der Waals surface area contributed by atoms with Gasteiger partial charge in [-0.15, -0.1) is 0 Å². The van der Waals surface area contributed by atoms with Gasteiger partial charge >= 0.3 is 18.3 Å². The average Bonchev–Trinajstić information content (AvgIpc) is 3.01. The topological polar surface area (TPSA) is 77.8 Å². The zero-order chi connectivity index (χ0) is 22.5. The molecule has 1 aliphatic rings. The van der Waals surface area contributed by atoms with Crippen molar-refractivity contribution in [3.8, 4) is 11.8 Å². The van der Waals surface area contributed by atoms with E-state index in [4.69, 9.17) is 9.90 Å². The third-order valence-corrected chi connectivity index (χ3v) is 3.63. The molecular formula is C18H15F6NO4. The molecule has 2 rings (SSSR count). The summed E-state index contributed by atoms with van der Waals surface area (Å²) in [6.45, 7) is 3.80. The number of carbonyl (C=O) groups is 2. The van der Waals surface area contributed by atoms with Gasteiger partial charge in [0.15, 0.2) is 0 Å². The molecule has 158 valence electrons. The van der Waals surface area contributed by atoms with E-state index in [1.54, 1.807) is 0 Å². The maximum atomic E-state index is 12.4. The third-order valence-electron chi connectivity index (χ3n) is 3.63. The van der Waals surface area contributed by atoms with Crippen LogP contribution in [-0.2, 0) is 15.8 Å². The van der Waals surface area contributed by atoms with E-state index in [2.05, 4.69) is 18.4 Å². The number of alkyl halides is 6. The first-order valence-corrected chi connectivity index (χ1v) is 7.82. The summed E-state index contributed by atoms with van der Waals surface area (Å²) >= 11 is 0. The summed E-state index contributed by atoms with van der Waals surface area (Å²) in [6.07, 6.45) is -8.02. The van der Waals surface area contributed by atoms with E-state index in [-0.39, 0.29) is 12.5 Å². The molecule has 0 spiro atoms. The number of carbonyl (C=O) groups excluding carboxylic acids is 1. The fraction of sp³-hybridized carbons (Fsp3) is 0.333. The molecule has 1 saturated heterocycles. The van der Waals surface area contributed by atoms with Crippen LogP contribution in [0.2, 0.25) is 0 Å². The Bertz CT molecular complexity index is 820. The number of rotatable bonds is 1. The van der Waals surface area contributed by atoms with Gasteiger partial charge in [0.25, 0.3) is 0 Å². The van der Waals surface area contributed by atoms with Crippen molar-refractivity contribution in [1.29, 1.82) is 0 Å². The summed E-state index contributed by atoms with van der Waals surface area (Å²) in [4.78, 5) is 21.8. The summed E-state index contributed by atoms with van der Waals surface area (Å²) in [5.74, 6) is 2.25. The van der Waals surface area contributed by atoms with Crippen LogP contribution >= 0.6 is 0 Å². The number of likely N-dealkylation sites (tertiary alicyclic amines) is 1. The number of benzene rings is 1. The second-order valence-electron chi connectivity index (χ2n) is 5.87. The molecule has 0 aromatic heterocycles. The molecule has 1 amide bonds. The number of carboxylic acids is 1. The van der Waals surface area contributed by atoms with Crippen molar-refractivity contribution >= 4 is 11.9 Å². The normalized spacial score (nSPS) is 18.8. The molecule has 11 heteroatoms. The Balaban J connectivity index is 0.000000516. The van der Waals surface area contributed by atoms with Crippen LogP contribution in [0.1, 0.15) is 17.5 Å². The predicted molar refractivity (Wildman–Crippen MR) is 88.4 cm³/mol. The molecule has 5 nitrogen and oxygen atoms in total. The standard InChI is InChI=1S/C16H14F3NO2.C2HF3O2/c1-2-14(21)20-10-9-15(22,11-20)8-7-12-3-5-13(6-4-12)16(17,18)19;3-2(4,5)1(6)7/h2-6,22H,1,9-11H2;(H,6,7)/t15-;/m0./s1. The van der Waals surface area contributed by atoms with E-state index in [9.17, 15) is 36.2 Å². The van der Waals surface area contributed by atoms with Crippen LogP contribution in [0.4, 0.5) is 26.3 Å². The second-order valence-corrected chi connectivity index (χ2v) is 5.87. The number of hydrogen-bond donors (Lipinski definition) is 2. The van der Waals surface area contributed by atoms with Gasteiger partial charge in [-0.05, 0) is 30.3 Å². The highest BCUT2D eigenvalue weighted by Gasteiger charge is 2.38. The van der Waals surface area contributed by atoms with Gasteiger partial charge in [-0.2, -0.15) is 26.3 Å². The van der Waals surface area contributed by atoms with E-state index in [0.29, 0.717) is 18.5 Å². The lowest BCUT2D eigenvalue weighted by atomic mass is 10.0. The first-order chi connectivity index (χ1) is 13.2. The van der Waals surface area contributed by atoms with E-state index in [1.807, 2.05) is 0 Å². The van der Waals surface area contributed by atoms with Crippen LogP contribution in [0.15, 0.2) is 36.9 Å². The number of amides is 1. The average molecular weight is 423 g/mol. The van der Waals surface area contributed by atoms with Gasteiger partial charge in [0.05, 0.1) is 12.1 Å². The monoisotopic (exact) mass is 423 g/mol. The zero-order valence-electron chi connectivity index (χ0n) is 14.6. The molecule has 1 fully saturated rings. The van der Waals surface area contributed by atoms with Crippen molar-refractivity contribution in [2.24, 2.45) is 0 Å². The molecular weight excluding hydrogens is 408 g/mol. The number of β-amino-alcohol motifs (C(OH)–C–C–N with tert-alkyl or cyclic N) is 1. The van der Waals surface area contributed by atoms with Crippen LogP contribution in [0.5, 0.6) is 0 Å². The predicted octanol–water partition coefficient (Wildman–Crippen LogP) is 2.84. The van der Waals surface area contributed by atoms with Gasteiger partial charge in [-0.3, -0.25) is 4.79 Å². The van der Waals surface area contributed by atoms with Gasteiger partial charge in [0, 0.05) is 18.5 Å². The number of hydrogen-bond acceptors (Lipinski definition) is 3. The number of aliphatic carboxylic acids is 1. The molecule has 0 saturated carbocycles. The van der Waals surface area contributed by atoms with Crippen molar-refractivity contribution in [2.45, 2.75) is 24.4 Å². The van der Waals surface area contributed by atoms with Gasteiger partial charge in [0.1, 0.15) is 5.60 Å². The lowest BCUT2D eigenvalue weighted by Crippen LogP contribution is -2.34. The molecule has 2 N–H and O–H groups in total. The minimum absolute atomic E-state index is 0.0610. The summed E-state index contributed by atoms with van der Waals surface area (Å²) in [6, 6.07) is 4.38.